The third-order valence-corrected chi connectivity index (χ3v) is 3.78. The van der Waals surface area contributed by atoms with E-state index in [1.54, 1.807) is 49.8 Å². The summed E-state index contributed by atoms with van der Waals surface area (Å²) in [6.45, 7) is 0. The summed E-state index contributed by atoms with van der Waals surface area (Å²) in [6, 6.07) is 15.4. The highest BCUT2D eigenvalue weighted by Gasteiger charge is 2.08. The monoisotopic (exact) mass is 387 g/mol. The van der Waals surface area contributed by atoms with Gasteiger partial charge in [0.2, 0.25) is 0 Å². The highest BCUT2D eigenvalue weighted by molar-refractivity contribution is 5.56. The van der Waals surface area contributed by atoms with Crippen LogP contribution < -0.4 is 14.2 Å². The Morgan fingerprint density at radius 2 is 1.66 bits per heavy atom. The number of benzene rings is 2. The molecule has 143 valence electrons. The first kappa shape index (κ1) is 18.2. The topological polar surface area (TPSA) is 99.5 Å². The highest BCUT2D eigenvalue weighted by atomic mass is 16.5. The molecule has 0 aliphatic heterocycles. The summed E-state index contributed by atoms with van der Waals surface area (Å²) in [6.07, 6.45) is 5.97. The van der Waals surface area contributed by atoms with Crippen LogP contribution in [0.2, 0.25) is 0 Å². The average Bonchev–Trinajstić information content (AvgIpc) is 2.76. The fourth-order valence-corrected chi connectivity index (χ4v) is 2.39. The van der Waals surface area contributed by atoms with Crippen LogP contribution in [0.1, 0.15) is 0 Å². The Balaban J connectivity index is 1.49. The van der Waals surface area contributed by atoms with E-state index < -0.39 is 0 Å². The Morgan fingerprint density at radius 3 is 2.41 bits per heavy atom. The van der Waals surface area contributed by atoms with Crippen molar-refractivity contribution in [1.82, 2.24) is 19.9 Å². The summed E-state index contributed by atoms with van der Waals surface area (Å²) in [5.74, 6) is 1.87. The van der Waals surface area contributed by atoms with Gasteiger partial charge in [-0.2, -0.15) is 9.97 Å². The normalized spacial score (nSPS) is 10.4. The minimum absolute atomic E-state index is 0.148. The van der Waals surface area contributed by atoms with Crippen molar-refractivity contribution < 1.29 is 19.3 Å². The maximum absolute atomic E-state index is 9.34. The van der Waals surface area contributed by atoms with Gasteiger partial charge in [-0.05, 0) is 42.5 Å². The second kappa shape index (κ2) is 8.22. The van der Waals surface area contributed by atoms with E-state index >= 15 is 0 Å². The second-order valence-electron chi connectivity index (χ2n) is 5.78. The van der Waals surface area contributed by atoms with Gasteiger partial charge in [-0.1, -0.05) is 6.07 Å². The SMILES string of the molecule is COc1cccc(Oc2n[c]c(-c3ccnc(Oc4ccc(O)cc4)n3)cn2)c1. The summed E-state index contributed by atoms with van der Waals surface area (Å²) in [4.78, 5) is 16.7. The molecule has 0 saturated heterocycles. The molecule has 2 aromatic carbocycles. The molecule has 4 aromatic rings. The van der Waals surface area contributed by atoms with Gasteiger partial charge in [0.25, 0.3) is 0 Å². The largest absolute Gasteiger partial charge is 0.508 e. The van der Waals surface area contributed by atoms with E-state index in [9.17, 15) is 5.11 Å². The van der Waals surface area contributed by atoms with Gasteiger partial charge in [-0.3, -0.25) is 0 Å². The molecule has 0 bridgehead atoms. The van der Waals surface area contributed by atoms with Crippen molar-refractivity contribution in [3.8, 4) is 46.3 Å². The molecule has 1 N–H and O–H groups in total. The molecule has 1 radical (unpaired) electrons. The van der Waals surface area contributed by atoms with Crippen LogP contribution in [-0.2, 0) is 0 Å². The molecule has 0 unspecified atom stereocenters. The first-order chi connectivity index (χ1) is 14.2. The number of phenols is 1. The number of phenolic OH excluding ortho intramolecular Hbond substituents is 1. The van der Waals surface area contributed by atoms with Gasteiger partial charge in [-0.25, -0.2) is 9.97 Å². The van der Waals surface area contributed by atoms with Crippen molar-refractivity contribution in [2.45, 2.75) is 0 Å². The summed E-state index contributed by atoms with van der Waals surface area (Å²) >= 11 is 0. The van der Waals surface area contributed by atoms with Crippen LogP contribution in [0.3, 0.4) is 0 Å². The van der Waals surface area contributed by atoms with E-state index in [0.717, 1.165) is 0 Å². The Kier molecular flexibility index (Phi) is 5.15. The van der Waals surface area contributed by atoms with Gasteiger partial charge in [0.15, 0.2) is 0 Å². The van der Waals surface area contributed by atoms with Crippen molar-refractivity contribution in [3.05, 3.63) is 73.2 Å². The number of hydrogen-bond acceptors (Lipinski definition) is 8. The van der Waals surface area contributed by atoms with Crippen LogP contribution in [0, 0.1) is 6.20 Å². The lowest BCUT2D eigenvalue weighted by molar-refractivity contribution is 0.404. The maximum atomic E-state index is 9.34. The molecule has 2 aromatic heterocycles. The zero-order valence-electron chi connectivity index (χ0n) is 15.3. The molecule has 0 fully saturated rings. The molecule has 0 amide bonds. The van der Waals surface area contributed by atoms with Crippen molar-refractivity contribution in [2.24, 2.45) is 0 Å². The lowest BCUT2D eigenvalue weighted by atomic mass is 10.2. The predicted molar refractivity (Wildman–Crippen MR) is 103 cm³/mol. The lowest BCUT2D eigenvalue weighted by Gasteiger charge is -2.07. The molecule has 0 atom stereocenters. The Bertz CT molecular complexity index is 1100. The molecular weight excluding hydrogens is 372 g/mol. The average molecular weight is 387 g/mol. The number of methoxy groups -OCH3 is 1. The third-order valence-electron chi connectivity index (χ3n) is 3.78. The number of rotatable bonds is 6. The Hall–Kier alpha value is -4.20. The number of aromatic nitrogens is 4. The molecule has 2 heterocycles. The van der Waals surface area contributed by atoms with Crippen LogP contribution in [0.4, 0.5) is 0 Å². The third kappa shape index (κ3) is 4.56. The fourth-order valence-electron chi connectivity index (χ4n) is 2.39. The van der Waals surface area contributed by atoms with Crippen LogP contribution in [0.5, 0.6) is 35.0 Å². The molecule has 4 rings (SSSR count). The zero-order valence-corrected chi connectivity index (χ0v) is 15.3. The summed E-state index contributed by atoms with van der Waals surface area (Å²) in [5.41, 5.74) is 1.10. The fraction of sp³-hybridized carbons (Fsp3) is 0.0476. The minimum atomic E-state index is 0.148. The molecular formula is C21H15N4O4. The predicted octanol–water partition coefficient (Wildman–Crippen LogP) is 4.03. The Morgan fingerprint density at radius 1 is 0.862 bits per heavy atom. The molecule has 8 nitrogen and oxygen atoms in total. The summed E-state index contributed by atoms with van der Waals surface area (Å²) in [5, 5.41) is 9.34. The van der Waals surface area contributed by atoms with Crippen LogP contribution in [0.25, 0.3) is 11.3 Å². The molecule has 29 heavy (non-hydrogen) atoms. The van der Waals surface area contributed by atoms with E-state index in [-0.39, 0.29) is 17.8 Å². The smallest absolute Gasteiger partial charge is 0.322 e. The summed E-state index contributed by atoms with van der Waals surface area (Å²) in [7, 11) is 1.58. The lowest BCUT2D eigenvalue weighted by Crippen LogP contribution is -1.96. The molecule has 0 aliphatic carbocycles. The molecule has 0 spiro atoms. The number of aromatic hydroxyl groups is 1. The van der Waals surface area contributed by atoms with E-state index in [0.29, 0.717) is 28.5 Å². The molecule has 0 saturated carbocycles. The van der Waals surface area contributed by atoms with E-state index in [1.165, 1.54) is 12.1 Å². The van der Waals surface area contributed by atoms with Gasteiger partial charge in [0.05, 0.1) is 12.8 Å². The van der Waals surface area contributed by atoms with Gasteiger partial charge < -0.3 is 19.3 Å². The van der Waals surface area contributed by atoms with Gasteiger partial charge in [-0.15, -0.1) is 0 Å². The van der Waals surface area contributed by atoms with E-state index in [4.69, 9.17) is 14.2 Å². The standard InChI is InChI=1S/C21H15N4O4/c1-27-17-3-2-4-18(11-17)29-20-23-12-14(13-24-20)19-9-10-22-21(25-19)28-16-7-5-15(26)6-8-16/h2-12,26H,1H3. The highest BCUT2D eigenvalue weighted by Crippen LogP contribution is 2.25. The number of hydrogen-bond donors (Lipinski definition) is 1. The van der Waals surface area contributed by atoms with Crippen LogP contribution >= 0.6 is 0 Å². The first-order valence-electron chi connectivity index (χ1n) is 8.56. The van der Waals surface area contributed by atoms with Crippen molar-refractivity contribution in [1.29, 1.82) is 0 Å². The maximum Gasteiger partial charge on any atom is 0.322 e. The van der Waals surface area contributed by atoms with Gasteiger partial charge >= 0.3 is 12.0 Å². The van der Waals surface area contributed by atoms with Crippen LogP contribution in [-0.4, -0.2) is 32.2 Å². The van der Waals surface area contributed by atoms with Crippen LogP contribution in [0.15, 0.2) is 67.0 Å². The minimum Gasteiger partial charge on any atom is -0.508 e. The van der Waals surface area contributed by atoms with Gasteiger partial charge in [0.1, 0.15) is 29.2 Å². The van der Waals surface area contributed by atoms with E-state index in [1.807, 2.05) is 12.1 Å². The quantitative estimate of drug-likeness (QED) is 0.529. The van der Waals surface area contributed by atoms with Crippen molar-refractivity contribution >= 4 is 0 Å². The van der Waals surface area contributed by atoms with Crippen molar-refractivity contribution in [2.75, 3.05) is 7.11 Å². The Labute approximate surface area is 166 Å². The number of ether oxygens (including phenoxy) is 3. The van der Waals surface area contributed by atoms with Gasteiger partial charge in [0, 0.05) is 24.0 Å². The molecule has 0 aliphatic rings. The van der Waals surface area contributed by atoms with Crippen molar-refractivity contribution in [3.63, 3.8) is 0 Å². The zero-order chi connectivity index (χ0) is 20.1. The molecule has 8 heteroatoms. The first-order valence-corrected chi connectivity index (χ1v) is 8.56. The summed E-state index contributed by atoms with van der Waals surface area (Å²) < 4.78 is 16.4. The second-order valence-corrected chi connectivity index (χ2v) is 5.78. The number of nitrogens with zero attached hydrogens (tertiary/aromatic N) is 4. The van der Waals surface area contributed by atoms with E-state index in [2.05, 4.69) is 26.1 Å².